The lowest BCUT2D eigenvalue weighted by atomic mass is 10.2. The summed E-state index contributed by atoms with van der Waals surface area (Å²) in [5.41, 5.74) is 0.493. The van der Waals surface area contributed by atoms with E-state index >= 15 is 0 Å². The predicted molar refractivity (Wildman–Crippen MR) is 65.2 cm³/mol. The maximum atomic E-state index is 11.0. The number of hydrogen-bond acceptors (Lipinski definition) is 5. The van der Waals surface area contributed by atoms with Crippen LogP contribution in [0.5, 0.6) is 17.2 Å². The molecule has 1 amide bonds. The van der Waals surface area contributed by atoms with Gasteiger partial charge in [0.05, 0.1) is 14.2 Å². The smallest absolute Gasteiger partial charge is 0.308 e. The molecule has 0 spiro atoms. The van der Waals surface area contributed by atoms with Crippen molar-refractivity contribution < 1.29 is 23.8 Å². The van der Waals surface area contributed by atoms with Gasteiger partial charge in [0.1, 0.15) is 0 Å². The Bertz CT molecular complexity index is 445. The van der Waals surface area contributed by atoms with Gasteiger partial charge in [-0.15, -0.1) is 0 Å². The Hall–Kier alpha value is -2.24. The Morgan fingerprint density at radius 2 is 1.56 bits per heavy atom. The molecule has 0 heterocycles. The van der Waals surface area contributed by atoms with E-state index in [1.165, 1.54) is 28.1 Å². The number of nitrogens with one attached hydrogen (secondary N) is 1. The Labute approximate surface area is 105 Å². The molecule has 0 aliphatic rings. The zero-order valence-corrected chi connectivity index (χ0v) is 10.7. The fourth-order valence-electron chi connectivity index (χ4n) is 1.40. The van der Waals surface area contributed by atoms with Gasteiger partial charge in [-0.3, -0.25) is 9.59 Å². The van der Waals surface area contributed by atoms with Crippen molar-refractivity contribution in [2.24, 2.45) is 0 Å². The molecule has 0 fully saturated rings. The predicted octanol–water partition coefficient (Wildman–Crippen LogP) is 1.59. The van der Waals surface area contributed by atoms with E-state index in [9.17, 15) is 9.59 Å². The number of rotatable bonds is 4. The van der Waals surface area contributed by atoms with Crippen LogP contribution in [0.4, 0.5) is 5.69 Å². The van der Waals surface area contributed by atoms with Gasteiger partial charge in [0.15, 0.2) is 11.5 Å². The molecule has 0 aromatic heterocycles. The molecule has 0 unspecified atom stereocenters. The largest absolute Gasteiger partial charge is 0.493 e. The van der Waals surface area contributed by atoms with E-state index in [0.717, 1.165) is 0 Å². The maximum Gasteiger partial charge on any atom is 0.308 e. The SMILES string of the molecule is COc1cc(NC(C)=O)cc(OC)c1OC(C)=O. The van der Waals surface area contributed by atoms with E-state index in [1.54, 1.807) is 12.1 Å². The van der Waals surface area contributed by atoms with Gasteiger partial charge >= 0.3 is 5.97 Å². The van der Waals surface area contributed by atoms with Crippen molar-refractivity contribution in [2.45, 2.75) is 13.8 Å². The Kier molecular flexibility index (Phi) is 4.53. The van der Waals surface area contributed by atoms with Crippen molar-refractivity contribution in [2.75, 3.05) is 19.5 Å². The zero-order valence-electron chi connectivity index (χ0n) is 10.7. The third kappa shape index (κ3) is 3.38. The summed E-state index contributed by atoms with van der Waals surface area (Å²) in [5, 5.41) is 2.60. The highest BCUT2D eigenvalue weighted by Gasteiger charge is 2.16. The Morgan fingerprint density at radius 1 is 1.06 bits per heavy atom. The van der Waals surface area contributed by atoms with Crippen LogP contribution in [0, 0.1) is 0 Å². The van der Waals surface area contributed by atoms with Crippen LogP contribution in [0.1, 0.15) is 13.8 Å². The van der Waals surface area contributed by atoms with Crippen molar-refractivity contribution >= 4 is 17.6 Å². The summed E-state index contributed by atoms with van der Waals surface area (Å²) in [6.07, 6.45) is 0. The monoisotopic (exact) mass is 253 g/mol. The van der Waals surface area contributed by atoms with E-state index < -0.39 is 5.97 Å². The summed E-state index contributed by atoms with van der Waals surface area (Å²) in [6, 6.07) is 3.09. The van der Waals surface area contributed by atoms with Gasteiger partial charge < -0.3 is 19.5 Å². The van der Waals surface area contributed by atoms with Gasteiger partial charge in [-0.1, -0.05) is 0 Å². The molecule has 0 aliphatic heterocycles. The third-order valence-electron chi connectivity index (χ3n) is 2.03. The maximum absolute atomic E-state index is 11.0. The first-order valence-electron chi connectivity index (χ1n) is 5.20. The molecule has 0 radical (unpaired) electrons. The minimum Gasteiger partial charge on any atom is -0.493 e. The van der Waals surface area contributed by atoms with E-state index in [-0.39, 0.29) is 11.7 Å². The number of carbonyl (C=O) groups excluding carboxylic acids is 2. The van der Waals surface area contributed by atoms with Crippen LogP contribution < -0.4 is 19.5 Å². The number of carbonyl (C=O) groups is 2. The van der Waals surface area contributed by atoms with Crippen molar-refractivity contribution in [1.29, 1.82) is 0 Å². The van der Waals surface area contributed by atoms with Crippen LogP contribution >= 0.6 is 0 Å². The highest BCUT2D eigenvalue weighted by molar-refractivity contribution is 5.89. The first-order valence-corrected chi connectivity index (χ1v) is 5.20. The second kappa shape index (κ2) is 5.90. The molecule has 0 saturated heterocycles. The highest BCUT2D eigenvalue weighted by Crippen LogP contribution is 2.40. The zero-order chi connectivity index (χ0) is 13.7. The van der Waals surface area contributed by atoms with Gasteiger partial charge in [-0.25, -0.2) is 0 Å². The molecule has 0 saturated carbocycles. The molecule has 1 aromatic carbocycles. The standard InChI is InChI=1S/C12H15NO5/c1-7(14)13-9-5-10(16-3)12(18-8(2)15)11(6-9)17-4/h5-6H,1-4H3,(H,13,14). The van der Waals surface area contributed by atoms with Crippen molar-refractivity contribution in [3.8, 4) is 17.2 Å². The summed E-state index contributed by atoms with van der Waals surface area (Å²) in [7, 11) is 2.86. The lowest BCUT2D eigenvalue weighted by Gasteiger charge is -2.14. The molecule has 1 rings (SSSR count). The number of ether oxygens (including phenoxy) is 3. The van der Waals surface area contributed by atoms with Crippen LogP contribution in [0.2, 0.25) is 0 Å². The molecular formula is C12H15NO5. The molecular weight excluding hydrogens is 238 g/mol. The number of anilines is 1. The Balaban J connectivity index is 3.24. The third-order valence-corrected chi connectivity index (χ3v) is 2.03. The highest BCUT2D eigenvalue weighted by atomic mass is 16.6. The average molecular weight is 253 g/mol. The van der Waals surface area contributed by atoms with Crippen LogP contribution in [-0.4, -0.2) is 26.1 Å². The second-order valence-corrected chi connectivity index (χ2v) is 3.48. The van der Waals surface area contributed by atoms with Crippen LogP contribution in [-0.2, 0) is 9.59 Å². The normalized spacial score (nSPS) is 9.56. The van der Waals surface area contributed by atoms with Gasteiger partial charge in [0.2, 0.25) is 11.7 Å². The van der Waals surface area contributed by atoms with E-state index in [4.69, 9.17) is 14.2 Å². The van der Waals surface area contributed by atoms with Crippen molar-refractivity contribution in [1.82, 2.24) is 0 Å². The summed E-state index contributed by atoms with van der Waals surface area (Å²) in [6.45, 7) is 2.67. The molecule has 1 aromatic rings. The summed E-state index contributed by atoms with van der Waals surface area (Å²) >= 11 is 0. The number of amides is 1. The van der Waals surface area contributed by atoms with Crippen LogP contribution in [0.25, 0.3) is 0 Å². The lowest BCUT2D eigenvalue weighted by Crippen LogP contribution is -2.08. The molecule has 98 valence electrons. The first-order chi connectivity index (χ1) is 8.47. The molecule has 6 heteroatoms. The molecule has 0 bridgehead atoms. The van der Waals surface area contributed by atoms with Crippen molar-refractivity contribution in [3.05, 3.63) is 12.1 Å². The second-order valence-electron chi connectivity index (χ2n) is 3.48. The minimum absolute atomic E-state index is 0.182. The molecule has 18 heavy (non-hydrogen) atoms. The van der Waals surface area contributed by atoms with Crippen molar-refractivity contribution in [3.63, 3.8) is 0 Å². The van der Waals surface area contributed by atoms with E-state index in [2.05, 4.69) is 5.32 Å². The van der Waals surface area contributed by atoms with Gasteiger partial charge in [0, 0.05) is 31.7 Å². The molecule has 6 nitrogen and oxygen atoms in total. The quantitative estimate of drug-likeness (QED) is 0.651. The fourth-order valence-corrected chi connectivity index (χ4v) is 1.40. The first kappa shape index (κ1) is 13.8. The van der Waals surface area contributed by atoms with E-state index in [1.807, 2.05) is 0 Å². The van der Waals surface area contributed by atoms with Gasteiger partial charge in [-0.05, 0) is 0 Å². The van der Waals surface area contributed by atoms with E-state index in [0.29, 0.717) is 17.2 Å². The van der Waals surface area contributed by atoms with Crippen LogP contribution in [0.15, 0.2) is 12.1 Å². The van der Waals surface area contributed by atoms with Gasteiger partial charge in [0.25, 0.3) is 0 Å². The Morgan fingerprint density at radius 3 is 1.89 bits per heavy atom. The molecule has 1 N–H and O–H groups in total. The van der Waals surface area contributed by atoms with Gasteiger partial charge in [-0.2, -0.15) is 0 Å². The molecule has 0 atom stereocenters. The summed E-state index contributed by atoms with van der Waals surface area (Å²) in [5.74, 6) is 0.0708. The summed E-state index contributed by atoms with van der Waals surface area (Å²) in [4.78, 5) is 22.0. The number of esters is 1. The molecule has 0 aliphatic carbocycles. The lowest BCUT2D eigenvalue weighted by molar-refractivity contribution is -0.132. The van der Waals surface area contributed by atoms with Crippen LogP contribution in [0.3, 0.4) is 0 Å². The number of hydrogen-bond donors (Lipinski definition) is 1. The fraction of sp³-hybridized carbons (Fsp3) is 0.333. The summed E-state index contributed by atoms with van der Waals surface area (Å²) < 4.78 is 15.2. The minimum atomic E-state index is -0.487. The topological polar surface area (TPSA) is 73.9 Å². The number of benzene rings is 1. The average Bonchev–Trinajstić information content (AvgIpc) is 2.29. The number of methoxy groups -OCH3 is 2.